The Bertz CT molecular complexity index is 369. The van der Waals surface area contributed by atoms with Crippen molar-refractivity contribution in [3.05, 3.63) is 23.9 Å². The summed E-state index contributed by atoms with van der Waals surface area (Å²) in [5.41, 5.74) is 0. The van der Waals surface area contributed by atoms with Crippen LogP contribution in [0.15, 0.2) is 23.9 Å². The molecule has 5 nitrogen and oxygen atoms in total. The molecule has 6 heteroatoms. The van der Waals surface area contributed by atoms with Crippen molar-refractivity contribution in [3.63, 3.8) is 0 Å². The van der Waals surface area contributed by atoms with E-state index in [9.17, 15) is 4.79 Å². The normalized spacial score (nSPS) is 17.0. The number of piperazine rings is 1. The van der Waals surface area contributed by atoms with Crippen LogP contribution in [0.3, 0.4) is 0 Å². The van der Waals surface area contributed by atoms with E-state index in [0.29, 0.717) is 0 Å². The lowest BCUT2D eigenvalue weighted by Crippen LogP contribution is -2.44. The molecule has 0 spiro atoms. The number of hydrogen-bond donors (Lipinski definition) is 1. The predicted molar refractivity (Wildman–Crippen MR) is 62.7 cm³/mol. The van der Waals surface area contributed by atoms with Gasteiger partial charge in [0.05, 0.1) is 0 Å². The minimum atomic E-state index is -0.901. The number of carbonyl (C=O) groups is 1. The highest BCUT2D eigenvalue weighted by atomic mass is 32.1. The van der Waals surface area contributed by atoms with Gasteiger partial charge in [0.1, 0.15) is 0 Å². The lowest BCUT2D eigenvalue weighted by molar-refractivity contribution is -0.131. The van der Waals surface area contributed by atoms with Gasteiger partial charge in [-0.15, -0.1) is 11.3 Å². The van der Waals surface area contributed by atoms with Crippen LogP contribution in [0.5, 0.6) is 0 Å². The fourth-order valence-electron chi connectivity index (χ4n) is 1.60. The van der Waals surface area contributed by atoms with Crippen LogP contribution in [0, 0.1) is 0 Å². The van der Waals surface area contributed by atoms with Gasteiger partial charge >= 0.3 is 5.97 Å². The fraction of sp³-hybridized carbons (Fsp3) is 0.400. The molecule has 0 aromatic carbocycles. The van der Waals surface area contributed by atoms with Crippen LogP contribution in [0.2, 0.25) is 0 Å². The van der Waals surface area contributed by atoms with Gasteiger partial charge in [0.15, 0.2) is 5.13 Å². The fourth-order valence-corrected chi connectivity index (χ4v) is 2.30. The van der Waals surface area contributed by atoms with Crippen molar-refractivity contribution >= 4 is 22.4 Å². The van der Waals surface area contributed by atoms with E-state index >= 15 is 0 Å². The third-order valence-corrected chi connectivity index (χ3v) is 3.26. The highest BCUT2D eigenvalue weighted by Crippen LogP contribution is 2.18. The van der Waals surface area contributed by atoms with E-state index in [0.717, 1.165) is 31.3 Å². The van der Waals surface area contributed by atoms with E-state index in [1.54, 1.807) is 23.7 Å². The lowest BCUT2D eigenvalue weighted by atomic mass is 10.3. The first-order chi connectivity index (χ1) is 7.75. The van der Waals surface area contributed by atoms with Crippen molar-refractivity contribution in [3.8, 4) is 0 Å². The Morgan fingerprint density at radius 2 is 2.19 bits per heavy atom. The average molecular weight is 239 g/mol. The standard InChI is InChI=1S/C10H13N3O2S/c14-9(15)1-3-12-4-6-13(7-5-12)10-11-2-8-16-10/h1-3,8H,4-7H2,(H,14,15). The average Bonchev–Trinajstić information content (AvgIpc) is 2.80. The molecule has 0 saturated carbocycles. The molecular formula is C10H13N3O2S. The molecule has 2 rings (SSSR count). The van der Waals surface area contributed by atoms with Gasteiger partial charge in [0.2, 0.25) is 0 Å². The highest BCUT2D eigenvalue weighted by Gasteiger charge is 2.16. The first kappa shape index (κ1) is 10.9. The SMILES string of the molecule is O=C(O)C=CN1CCN(c2nccs2)CC1. The van der Waals surface area contributed by atoms with E-state index in [4.69, 9.17) is 5.11 Å². The molecule has 0 amide bonds. The largest absolute Gasteiger partial charge is 0.478 e. The number of nitrogens with zero attached hydrogens (tertiary/aromatic N) is 3. The van der Waals surface area contributed by atoms with Crippen LogP contribution in [-0.2, 0) is 4.79 Å². The second-order valence-electron chi connectivity index (χ2n) is 3.49. The van der Waals surface area contributed by atoms with Crippen molar-refractivity contribution in [1.82, 2.24) is 9.88 Å². The number of anilines is 1. The summed E-state index contributed by atoms with van der Waals surface area (Å²) >= 11 is 1.63. The summed E-state index contributed by atoms with van der Waals surface area (Å²) < 4.78 is 0. The Kier molecular flexibility index (Phi) is 3.40. The van der Waals surface area contributed by atoms with Crippen molar-refractivity contribution < 1.29 is 9.90 Å². The monoisotopic (exact) mass is 239 g/mol. The molecule has 86 valence electrons. The summed E-state index contributed by atoms with van der Waals surface area (Å²) in [6.45, 7) is 3.45. The number of carboxylic acids is 1. The minimum Gasteiger partial charge on any atom is -0.478 e. The van der Waals surface area contributed by atoms with Crippen LogP contribution in [0.4, 0.5) is 5.13 Å². The van der Waals surface area contributed by atoms with Crippen LogP contribution >= 0.6 is 11.3 Å². The topological polar surface area (TPSA) is 56.7 Å². The third kappa shape index (κ3) is 2.73. The number of rotatable bonds is 3. The molecule has 1 aromatic rings. The maximum Gasteiger partial charge on any atom is 0.329 e. The van der Waals surface area contributed by atoms with Crippen LogP contribution in [0.1, 0.15) is 0 Å². The van der Waals surface area contributed by atoms with Crippen LogP contribution in [-0.4, -0.2) is 47.1 Å². The molecule has 1 aromatic heterocycles. The Labute approximate surface area is 97.6 Å². The molecule has 1 N–H and O–H groups in total. The molecule has 0 bridgehead atoms. The van der Waals surface area contributed by atoms with Gasteiger partial charge in [-0.3, -0.25) is 0 Å². The smallest absolute Gasteiger partial charge is 0.329 e. The summed E-state index contributed by atoms with van der Waals surface area (Å²) in [5, 5.41) is 11.5. The van der Waals surface area contributed by atoms with Crippen molar-refractivity contribution in [2.45, 2.75) is 0 Å². The maximum atomic E-state index is 10.4. The van der Waals surface area contributed by atoms with Crippen molar-refractivity contribution in [1.29, 1.82) is 0 Å². The van der Waals surface area contributed by atoms with Gasteiger partial charge in [-0.25, -0.2) is 9.78 Å². The summed E-state index contributed by atoms with van der Waals surface area (Å²) in [5.74, 6) is -0.901. The molecule has 1 saturated heterocycles. The van der Waals surface area contributed by atoms with Crippen molar-refractivity contribution in [2.75, 3.05) is 31.1 Å². The maximum absolute atomic E-state index is 10.4. The lowest BCUT2D eigenvalue weighted by Gasteiger charge is -2.33. The number of hydrogen-bond acceptors (Lipinski definition) is 5. The summed E-state index contributed by atoms with van der Waals surface area (Å²) in [6, 6.07) is 0. The summed E-state index contributed by atoms with van der Waals surface area (Å²) in [4.78, 5) is 18.8. The predicted octanol–water partition coefficient (Wildman–Crippen LogP) is 0.863. The van der Waals surface area contributed by atoms with E-state index in [1.165, 1.54) is 6.08 Å². The molecular weight excluding hydrogens is 226 g/mol. The zero-order valence-electron chi connectivity index (χ0n) is 8.74. The van der Waals surface area contributed by atoms with E-state index < -0.39 is 5.97 Å². The van der Waals surface area contributed by atoms with Gasteiger partial charge in [-0.05, 0) is 0 Å². The van der Waals surface area contributed by atoms with E-state index in [1.807, 2.05) is 10.3 Å². The second-order valence-corrected chi connectivity index (χ2v) is 4.36. The molecule has 1 fully saturated rings. The molecule has 1 aliphatic heterocycles. The second kappa shape index (κ2) is 4.98. The number of aromatic nitrogens is 1. The van der Waals surface area contributed by atoms with Gasteiger partial charge in [-0.1, -0.05) is 0 Å². The number of carboxylic acid groups (broad SMARTS) is 1. The van der Waals surface area contributed by atoms with Crippen molar-refractivity contribution in [2.24, 2.45) is 0 Å². The highest BCUT2D eigenvalue weighted by molar-refractivity contribution is 7.13. The molecule has 16 heavy (non-hydrogen) atoms. The quantitative estimate of drug-likeness (QED) is 0.793. The number of thiazole rings is 1. The zero-order valence-corrected chi connectivity index (χ0v) is 9.56. The first-order valence-corrected chi connectivity index (χ1v) is 5.93. The van der Waals surface area contributed by atoms with E-state index in [2.05, 4.69) is 9.88 Å². The summed E-state index contributed by atoms with van der Waals surface area (Å²) in [6.07, 6.45) is 4.62. The van der Waals surface area contributed by atoms with Gasteiger partial charge in [-0.2, -0.15) is 0 Å². The van der Waals surface area contributed by atoms with E-state index in [-0.39, 0.29) is 0 Å². The van der Waals surface area contributed by atoms with Gasteiger partial charge in [0, 0.05) is 50.0 Å². The molecule has 0 unspecified atom stereocenters. The Balaban J connectivity index is 1.85. The third-order valence-electron chi connectivity index (χ3n) is 2.43. The molecule has 0 atom stereocenters. The number of aliphatic carboxylic acids is 1. The van der Waals surface area contributed by atoms with Crippen LogP contribution < -0.4 is 4.90 Å². The Morgan fingerprint density at radius 3 is 2.75 bits per heavy atom. The van der Waals surface area contributed by atoms with Crippen LogP contribution in [0.25, 0.3) is 0 Å². The molecule has 0 radical (unpaired) electrons. The molecule has 1 aliphatic rings. The van der Waals surface area contributed by atoms with Gasteiger partial charge < -0.3 is 14.9 Å². The Morgan fingerprint density at radius 1 is 1.44 bits per heavy atom. The van der Waals surface area contributed by atoms with Gasteiger partial charge in [0.25, 0.3) is 0 Å². The minimum absolute atomic E-state index is 0.837. The summed E-state index contributed by atoms with van der Waals surface area (Å²) in [7, 11) is 0. The first-order valence-electron chi connectivity index (χ1n) is 5.05. The molecule has 0 aliphatic carbocycles. The zero-order chi connectivity index (χ0) is 11.4. The molecule has 2 heterocycles. The Hall–Kier alpha value is -1.56.